The molecule has 1 aliphatic heterocycles. The van der Waals surface area contributed by atoms with E-state index >= 15 is 0 Å². The molecule has 2 aromatic rings. The minimum Gasteiger partial charge on any atom is -0.497 e. The summed E-state index contributed by atoms with van der Waals surface area (Å²) in [5.41, 5.74) is 1.98. The smallest absolute Gasteiger partial charge is 0.265 e. The van der Waals surface area contributed by atoms with Gasteiger partial charge in [0.25, 0.3) is 5.91 Å². The normalized spacial score (nSPS) is 15.3. The third-order valence-electron chi connectivity index (χ3n) is 4.36. The lowest BCUT2D eigenvalue weighted by Crippen LogP contribution is -2.44. The number of piperidine rings is 1. The number of amides is 1. The Bertz CT molecular complexity index is 678. The molecule has 0 aliphatic carbocycles. The van der Waals surface area contributed by atoms with Gasteiger partial charge in [0.15, 0.2) is 0 Å². The summed E-state index contributed by atoms with van der Waals surface area (Å²) in [5, 5.41) is 7.13. The molecule has 2 heterocycles. The number of carbonyl (C=O) groups excluding carboxylic acids is 1. The van der Waals surface area contributed by atoms with E-state index in [2.05, 4.69) is 31.9 Å². The molecule has 0 atom stereocenters. The molecule has 0 radical (unpaired) electrons. The van der Waals surface area contributed by atoms with Crippen LogP contribution in [0.3, 0.4) is 0 Å². The number of carbonyl (C=O) groups is 1. The van der Waals surface area contributed by atoms with Crippen molar-refractivity contribution in [2.75, 3.05) is 25.1 Å². The molecule has 1 saturated heterocycles. The second-order valence-corrected chi connectivity index (χ2v) is 6.59. The van der Waals surface area contributed by atoms with E-state index in [1.165, 1.54) is 17.2 Å². The summed E-state index contributed by atoms with van der Waals surface area (Å²) < 4.78 is 9.08. The van der Waals surface area contributed by atoms with Gasteiger partial charge in [-0.25, -0.2) is 0 Å². The molecule has 24 heavy (non-hydrogen) atoms. The fourth-order valence-electron chi connectivity index (χ4n) is 2.94. The van der Waals surface area contributed by atoms with Gasteiger partial charge in [-0.2, -0.15) is 0 Å². The third kappa shape index (κ3) is 3.67. The number of nitrogens with one attached hydrogen (secondary N) is 1. The third-order valence-corrected chi connectivity index (χ3v) is 5.13. The first-order valence-electron chi connectivity index (χ1n) is 8.22. The van der Waals surface area contributed by atoms with Crippen LogP contribution in [0.5, 0.6) is 5.75 Å². The highest BCUT2D eigenvalue weighted by atomic mass is 32.1. The highest BCUT2D eigenvalue weighted by Crippen LogP contribution is 2.23. The van der Waals surface area contributed by atoms with E-state index in [-0.39, 0.29) is 11.9 Å². The fraction of sp³-hybridized carbons (Fsp3) is 0.471. The summed E-state index contributed by atoms with van der Waals surface area (Å²) in [6, 6.07) is 8.32. The lowest BCUT2D eigenvalue weighted by molar-refractivity contribution is 0.0934. The number of hydrogen-bond donors (Lipinski definition) is 1. The number of ether oxygens (including phenoxy) is 1. The summed E-state index contributed by atoms with van der Waals surface area (Å²) >= 11 is 1.18. The number of aryl methyl sites for hydroxylation is 1. The Balaban J connectivity index is 1.54. The molecule has 1 aliphatic rings. The molecular formula is C17H22N4O2S. The average molecular weight is 346 g/mol. The van der Waals surface area contributed by atoms with Gasteiger partial charge >= 0.3 is 0 Å². The Morgan fingerprint density at radius 2 is 2.04 bits per heavy atom. The van der Waals surface area contributed by atoms with Crippen LogP contribution in [0.1, 0.15) is 35.1 Å². The van der Waals surface area contributed by atoms with Crippen molar-refractivity contribution in [3.63, 3.8) is 0 Å². The minimum absolute atomic E-state index is 0.0373. The largest absolute Gasteiger partial charge is 0.497 e. The number of anilines is 1. The van der Waals surface area contributed by atoms with E-state index in [0.717, 1.165) is 43.8 Å². The Morgan fingerprint density at radius 3 is 2.67 bits per heavy atom. The van der Waals surface area contributed by atoms with E-state index < -0.39 is 0 Å². The van der Waals surface area contributed by atoms with Gasteiger partial charge in [-0.1, -0.05) is 11.4 Å². The van der Waals surface area contributed by atoms with E-state index in [1.54, 1.807) is 7.11 Å². The van der Waals surface area contributed by atoms with Gasteiger partial charge in [0.05, 0.1) is 12.8 Å². The molecule has 0 unspecified atom stereocenters. The Hall–Kier alpha value is -2.15. The number of rotatable bonds is 5. The molecule has 1 amide bonds. The maximum Gasteiger partial charge on any atom is 0.265 e. The molecule has 1 aromatic carbocycles. The monoisotopic (exact) mass is 346 g/mol. The first-order chi connectivity index (χ1) is 11.7. The first-order valence-corrected chi connectivity index (χ1v) is 8.99. The van der Waals surface area contributed by atoms with Crippen LogP contribution >= 0.6 is 11.5 Å². The lowest BCUT2D eigenvalue weighted by atomic mass is 10.0. The van der Waals surface area contributed by atoms with Gasteiger partial charge in [-0.3, -0.25) is 4.79 Å². The van der Waals surface area contributed by atoms with Crippen LogP contribution in [0.4, 0.5) is 5.69 Å². The van der Waals surface area contributed by atoms with E-state index in [4.69, 9.17) is 4.74 Å². The lowest BCUT2D eigenvalue weighted by Gasteiger charge is -2.34. The van der Waals surface area contributed by atoms with Gasteiger partial charge in [-0.15, -0.1) is 5.10 Å². The zero-order chi connectivity index (χ0) is 16.9. The van der Waals surface area contributed by atoms with Crippen LogP contribution in [0.2, 0.25) is 0 Å². The van der Waals surface area contributed by atoms with Crippen molar-refractivity contribution in [2.45, 2.75) is 32.2 Å². The zero-order valence-electron chi connectivity index (χ0n) is 14.0. The fourth-order valence-corrected chi connectivity index (χ4v) is 3.59. The first kappa shape index (κ1) is 16.7. The van der Waals surface area contributed by atoms with E-state index in [0.29, 0.717) is 4.88 Å². The highest BCUT2D eigenvalue weighted by molar-refractivity contribution is 7.08. The summed E-state index contributed by atoms with van der Waals surface area (Å²) in [7, 11) is 1.67. The second-order valence-electron chi connectivity index (χ2n) is 5.84. The maximum absolute atomic E-state index is 12.4. The van der Waals surface area contributed by atoms with Gasteiger partial charge in [-0.05, 0) is 55.1 Å². The standard InChI is InChI=1S/C17H22N4O2S/c1-3-15-16(24-20-19-15)17(22)18-12-8-10-21(11-9-12)13-4-6-14(23-2)7-5-13/h4-7,12H,3,8-11H2,1-2H3,(H,18,22). The minimum atomic E-state index is -0.0373. The van der Waals surface area contributed by atoms with Gasteiger partial charge in [0.2, 0.25) is 0 Å². The molecule has 0 spiro atoms. The highest BCUT2D eigenvalue weighted by Gasteiger charge is 2.23. The predicted octanol–water partition coefficient (Wildman–Crippen LogP) is 2.51. The van der Waals surface area contributed by atoms with Crippen molar-refractivity contribution in [3.05, 3.63) is 34.8 Å². The van der Waals surface area contributed by atoms with Crippen LogP contribution in [0.25, 0.3) is 0 Å². The number of hydrogen-bond acceptors (Lipinski definition) is 6. The van der Waals surface area contributed by atoms with Crippen molar-refractivity contribution < 1.29 is 9.53 Å². The Labute approximate surface area is 146 Å². The van der Waals surface area contributed by atoms with E-state index in [1.807, 2.05) is 19.1 Å². The van der Waals surface area contributed by atoms with Crippen LogP contribution < -0.4 is 15.0 Å². The van der Waals surface area contributed by atoms with Crippen LogP contribution in [0, 0.1) is 0 Å². The molecular weight excluding hydrogens is 324 g/mol. The van der Waals surface area contributed by atoms with Gasteiger partial charge < -0.3 is 15.0 Å². The maximum atomic E-state index is 12.4. The topological polar surface area (TPSA) is 67.4 Å². The summed E-state index contributed by atoms with van der Waals surface area (Å²) in [6.45, 7) is 3.85. The molecule has 7 heteroatoms. The van der Waals surface area contributed by atoms with Crippen molar-refractivity contribution in [2.24, 2.45) is 0 Å². The van der Waals surface area contributed by atoms with Crippen molar-refractivity contribution in [3.8, 4) is 5.75 Å². The van der Waals surface area contributed by atoms with E-state index in [9.17, 15) is 4.79 Å². The van der Waals surface area contributed by atoms with Crippen LogP contribution in [0.15, 0.2) is 24.3 Å². The molecule has 128 valence electrons. The second kappa shape index (κ2) is 7.61. The Morgan fingerprint density at radius 1 is 1.33 bits per heavy atom. The quantitative estimate of drug-likeness (QED) is 0.901. The van der Waals surface area contributed by atoms with Crippen LogP contribution in [-0.2, 0) is 6.42 Å². The zero-order valence-corrected chi connectivity index (χ0v) is 14.8. The number of nitrogens with zero attached hydrogens (tertiary/aromatic N) is 3. The summed E-state index contributed by atoms with van der Waals surface area (Å²) in [4.78, 5) is 15.4. The van der Waals surface area contributed by atoms with Gasteiger partial charge in [0, 0.05) is 24.8 Å². The number of aromatic nitrogens is 2. The number of methoxy groups -OCH3 is 1. The predicted molar refractivity (Wildman–Crippen MR) is 95.0 cm³/mol. The number of benzene rings is 1. The van der Waals surface area contributed by atoms with Crippen LogP contribution in [-0.4, -0.2) is 41.7 Å². The SMILES string of the molecule is CCc1nnsc1C(=O)NC1CCN(c2ccc(OC)cc2)CC1. The van der Waals surface area contributed by atoms with Gasteiger partial charge in [0.1, 0.15) is 10.6 Å². The summed E-state index contributed by atoms with van der Waals surface area (Å²) in [5.74, 6) is 0.829. The summed E-state index contributed by atoms with van der Waals surface area (Å²) in [6.07, 6.45) is 2.60. The van der Waals surface area contributed by atoms with Crippen molar-refractivity contribution in [1.29, 1.82) is 0 Å². The molecule has 6 nitrogen and oxygen atoms in total. The molecule has 1 N–H and O–H groups in total. The average Bonchev–Trinajstić information content (AvgIpc) is 3.11. The molecule has 0 saturated carbocycles. The van der Waals surface area contributed by atoms with Crippen molar-refractivity contribution >= 4 is 23.1 Å². The molecule has 0 bridgehead atoms. The van der Waals surface area contributed by atoms with Crippen molar-refractivity contribution in [1.82, 2.24) is 14.9 Å². The molecule has 1 aromatic heterocycles. The molecule has 3 rings (SSSR count). The molecule has 1 fully saturated rings. The Kier molecular flexibility index (Phi) is 5.30.